The minimum absolute atomic E-state index is 0.462. The highest BCUT2D eigenvalue weighted by molar-refractivity contribution is 6.07. The monoisotopic (exact) mass is 209 g/mol. The fourth-order valence-electron chi connectivity index (χ4n) is 1.02. The molecule has 6 nitrogen and oxygen atoms in total. The van der Waals surface area contributed by atoms with Gasteiger partial charge in [-0.3, -0.25) is 15.1 Å². The summed E-state index contributed by atoms with van der Waals surface area (Å²) in [6.45, 7) is 0. The number of nitrogens with one attached hydrogen (secondary N) is 2. The van der Waals surface area contributed by atoms with Gasteiger partial charge in [-0.05, 0) is 19.2 Å². The summed E-state index contributed by atoms with van der Waals surface area (Å²) in [6, 6.07) is 2.01. The molecular weight excluding hydrogens is 198 g/mol. The van der Waals surface area contributed by atoms with Crippen LogP contribution in [0, 0.1) is 0 Å². The second-order valence-corrected chi connectivity index (χ2v) is 2.79. The smallest absolute Gasteiger partial charge is 0.330 e. The van der Waals surface area contributed by atoms with Crippen molar-refractivity contribution < 1.29 is 14.7 Å². The molecule has 0 bridgehead atoms. The van der Waals surface area contributed by atoms with Crippen LogP contribution in [0.15, 0.2) is 24.5 Å². The van der Waals surface area contributed by atoms with Crippen molar-refractivity contribution in [2.24, 2.45) is 0 Å². The fraction of sp³-hybridized carbons (Fsp3) is 0.222. The third-order valence-electron chi connectivity index (χ3n) is 1.73. The van der Waals surface area contributed by atoms with Crippen LogP contribution in [0.3, 0.4) is 0 Å². The number of carbonyl (C=O) groups excluding carboxylic acids is 1. The maximum atomic E-state index is 11.4. The number of pyridine rings is 1. The summed E-state index contributed by atoms with van der Waals surface area (Å²) in [5.41, 5.74) is 0.462. The highest BCUT2D eigenvalue weighted by Gasteiger charge is 2.23. The van der Waals surface area contributed by atoms with Crippen LogP contribution < -0.4 is 10.6 Å². The number of carboxylic acids is 1. The number of nitrogens with zero attached hydrogens (tertiary/aromatic N) is 1. The first-order chi connectivity index (χ1) is 7.15. The van der Waals surface area contributed by atoms with Gasteiger partial charge in [-0.1, -0.05) is 0 Å². The van der Waals surface area contributed by atoms with Gasteiger partial charge >= 0.3 is 5.97 Å². The SMILES string of the molecule is CNC(C(=O)O)C(=O)Nc1cccnc1. The van der Waals surface area contributed by atoms with E-state index in [0.29, 0.717) is 5.69 Å². The zero-order valence-electron chi connectivity index (χ0n) is 8.10. The summed E-state index contributed by atoms with van der Waals surface area (Å²) in [6.07, 6.45) is 2.99. The summed E-state index contributed by atoms with van der Waals surface area (Å²) in [5.74, 6) is -1.85. The summed E-state index contributed by atoms with van der Waals surface area (Å²) in [5, 5.41) is 13.5. The number of anilines is 1. The first-order valence-electron chi connectivity index (χ1n) is 4.26. The van der Waals surface area contributed by atoms with Gasteiger partial charge in [0.1, 0.15) is 0 Å². The number of likely N-dealkylation sites (N-methyl/N-ethyl adjacent to an activating group) is 1. The maximum absolute atomic E-state index is 11.4. The number of rotatable bonds is 4. The van der Waals surface area contributed by atoms with Crippen molar-refractivity contribution in [1.29, 1.82) is 0 Å². The lowest BCUT2D eigenvalue weighted by molar-refractivity contribution is -0.142. The van der Waals surface area contributed by atoms with E-state index < -0.39 is 17.9 Å². The molecular formula is C9H11N3O3. The van der Waals surface area contributed by atoms with Gasteiger partial charge in [0.05, 0.1) is 11.9 Å². The van der Waals surface area contributed by atoms with Gasteiger partial charge in [0.25, 0.3) is 5.91 Å². The average Bonchev–Trinajstić information content (AvgIpc) is 2.19. The summed E-state index contributed by atoms with van der Waals surface area (Å²) in [7, 11) is 1.40. The molecule has 1 amide bonds. The van der Waals surface area contributed by atoms with Crippen molar-refractivity contribution >= 4 is 17.6 Å². The molecule has 1 atom stereocenters. The molecule has 1 unspecified atom stereocenters. The van der Waals surface area contributed by atoms with Gasteiger partial charge in [0.15, 0.2) is 6.04 Å². The number of carbonyl (C=O) groups is 2. The topological polar surface area (TPSA) is 91.3 Å². The highest BCUT2D eigenvalue weighted by atomic mass is 16.4. The van der Waals surface area contributed by atoms with Gasteiger partial charge in [0.2, 0.25) is 0 Å². The molecule has 0 radical (unpaired) electrons. The van der Waals surface area contributed by atoms with E-state index in [1.807, 2.05) is 0 Å². The summed E-state index contributed by atoms with van der Waals surface area (Å²) >= 11 is 0. The Morgan fingerprint density at radius 1 is 1.53 bits per heavy atom. The van der Waals surface area contributed by atoms with Crippen molar-refractivity contribution in [2.75, 3.05) is 12.4 Å². The predicted molar refractivity (Wildman–Crippen MR) is 53.4 cm³/mol. The first-order valence-corrected chi connectivity index (χ1v) is 4.26. The molecule has 6 heteroatoms. The van der Waals surface area contributed by atoms with Crippen molar-refractivity contribution in [2.45, 2.75) is 6.04 Å². The zero-order valence-corrected chi connectivity index (χ0v) is 8.10. The highest BCUT2D eigenvalue weighted by Crippen LogP contribution is 2.03. The quantitative estimate of drug-likeness (QED) is 0.592. The second-order valence-electron chi connectivity index (χ2n) is 2.79. The van der Waals surface area contributed by atoms with Crippen LogP contribution in [0.25, 0.3) is 0 Å². The number of carboxylic acid groups (broad SMARTS) is 1. The standard InChI is InChI=1S/C9H11N3O3/c1-10-7(9(14)15)8(13)12-6-3-2-4-11-5-6/h2-5,7,10H,1H3,(H,12,13)(H,14,15). The van der Waals surface area contributed by atoms with Gasteiger partial charge in [0, 0.05) is 6.20 Å². The number of aliphatic carboxylic acids is 1. The number of hydrogen-bond acceptors (Lipinski definition) is 4. The Bertz CT molecular complexity index is 353. The Morgan fingerprint density at radius 2 is 2.27 bits per heavy atom. The molecule has 0 saturated heterocycles. The number of hydrogen-bond donors (Lipinski definition) is 3. The van der Waals surface area contributed by atoms with Crippen LogP contribution in [0.5, 0.6) is 0 Å². The lowest BCUT2D eigenvalue weighted by Gasteiger charge is -2.10. The van der Waals surface area contributed by atoms with Crippen LogP contribution in [-0.4, -0.2) is 35.1 Å². The Hall–Kier alpha value is -1.95. The minimum Gasteiger partial charge on any atom is -0.480 e. The van der Waals surface area contributed by atoms with Crippen molar-refractivity contribution in [3.05, 3.63) is 24.5 Å². The van der Waals surface area contributed by atoms with Crippen LogP contribution in [0.4, 0.5) is 5.69 Å². The fourth-order valence-corrected chi connectivity index (χ4v) is 1.02. The number of amides is 1. The van der Waals surface area contributed by atoms with Gasteiger partial charge in [-0.2, -0.15) is 0 Å². The van der Waals surface area contributed by atoms with Crippen molar-refractivity contribution in [1.82, 2.24) is 10.3 Å². The normalized spacial score (nSPS) is 11.8. The lowest BCUT2D eigenvalue weighted by Crippen LogP contribution is -2.44. The first kappa shape index (κ1) is 11.1. The molecule has 15 heavy (non-hydrogen) atoms. The Morgan fingerprint density at radius 3 is 2.73 bits per heavy atom. The zero-order chi connectivity index (χ0) is 11.3. The van der Waals surface area contributed by atoms with E-state index in [4.69, 9.17) is 5.11 Å². The van der Waals surface area contributed by atoms with Crippen LogP contribution >= 0.6 is 0 Å². The second kappa shape index (κ2) is 5.06. The molecule has 1 rings (SSSR count). The molecule has 0 aliphatic rings. The molecule has 1 heterocycles. The molecule has 0 aliphatic carbocycles. The minimum atomic E-state index is -1.26. The molecule has 0 spiro atoms. The Labute approximate surface area is 86.3 Å². The molecule has 0 aromatic carbocycles. The van der Waals surface area contributed by atoms with E-state index in [1.165, 1.54) is 13.2 Å². The Balaban J connectivity index is 2.66. The molecule has 0 aliphatic heterocycles. The summed E-state index contributed by atoms with van der Waals surface area (Å²) < 4.78 is 0. The molecule has 3 N–H and O–H groups in total. The third kappa shape index (κ3) is 3.03. The van der Waals surface area contributed by atoms with Crippen LogP contribution in [-0.2, 0) is 9.59 Å². The van der Waals surface area contributed by atoms with E-state index in [2.05, 4.69) is 15.6 Å². The lowest BCUT2D eigenvalue weighted by atomic mass is 10.2. The average molecular weight is 209 g/mol. The molecule has 1 aromatic rings. The van der Waals surface area contributed by atoms with E-state index >= 15 is 0 Å². The molecule has 0 saturated carbocycles. The Kier molecular flexibility index (Phi) is 3.75. The van der Waals surface area contributed by atoms with E-state index in [-0.39, 0.29) is 0 Å². The van der Waals surface area contributed by atoms with Crippen molar-refractivity contribution in [3.8, 4) is 0 Å². The summed E-state index contributed by atoms with van der Waals surface area (Å²) in [4.78, 5) is 25.8. The van der Waals surface area contributed by atoms with Crippen LogP contribution in [0.2, 0.25) is 0 Å². The van der Waals surface area contributed by atoms with E-state index in [9.17, 15) is 9.59 Å². The molecule has 0 fully saturated rings. The van der Waals surface area contributed by atoms with E-state index in [1.54, 1.807) is 18.3 Å². The van der Waals surface area contributed by atoms with Gasteiger partial charge < -0.3 is 10.4 Å². The molecule has 80 valence electrons. The van der Waals surface area contributed by atoms with Crippen molar-refractivity contribution in [3.63, 3.8) is 0 Å². The van der Waals surface area contributed by atoms with E-state index in [0.717, 1.165) is 0 Å². The third-order valence-corrected chi connectivity index (χ3v) is 1.73. The van der Waals surface area contributed by atoms with Crippen LogP contribution in [0.1, 0.15) is 0 Å². The maximum Gasteiger partial charge on any atom is 0.330 e. The van der Waals surface area contributed by atoms with Gasteiger partial charge in [-0.15, -0.1) is 0 Å². The predicted octanol–water partition coefficient (Wildman–Crippen LogP) is -0.307. The largest absolute Gasteiger partial charge is 0.480 e. The number of aromatic nitrogens is 1. The van der Waals surface area contributed by atoms with Gasteiger partial charge in [-0.25, -0.2) is 4.79 Å². The molecule has 1 aromatic heterocycles.